The van der Waals surface area contributed by atoms with Crippen LogP contribution in [0.3, 0.4) is 0 Å². The van der Waals surface area contributed by atoms with E-state index in [-0.39, 0.29) is 5.56 Å². The second-order valence-corrected chi connectivity index (χ2v) is 4.80. The van der Waals surface area contributed by atoms with Gasteiger partial charge in [-0.25, -0.2) is 4.98 Å². The summed E-state index contributed by atoms with van der Waals surface area (Å²) in [5.41, 5.74) is 4.05. The summed E-state index contributed by atoms with van der Waals surface area (Å²) < 4.78 is 0.683. The Morgan fingerprint density at radius 1 is 1.24 bits per heavy atom. The van der Waals surface area contributed by atoms with E-state index < -0.39 is 0 Å². The van der Waals surface area contributed by atoms with Gasteiger partial charge in [0.1, 0.15) is 4.70 Å². The Hall–Kier alpha value is -1.94. The number of thiophene rings is 1. The van der Waals surface area contributed by atoms with E-state index >= 15 is 0 Å². The Bertz CT molecular complexity index is 725. The van der Waals surface area contributed by atoms with Crippen molar-refractivity contribution in [1.82, 2.24) is 9.97 Å². The van der Waals surface area contributed by atoms with Crippen LogP contribution in [0.5, 0.6) is 0 Å². The van der Waals surface area contributed by atoms with Crippen LogP contribution in [-0.4, -0.2) is 9.97 Å². The van der Waals surface area contributed by atoms with Gasteiger partial charge in [-0.2, -0.15) is 0 Å². The van der Waals surface area contributed by atoms with Gasteiger partial charge in [-0.3, -0.25) is 4.79 Å². The average Bonchev–Trinajstić information content (AvgIpc) is 2.75. The lowest BCUT2D eigenvalue weighted by Gasteiger charge is -1.99. The fourth-order valence-electron chi connectivity index (χ4n) is 1.80. The van der Waals surface area contributed by atoms with E-state index in [0.717, 1.165) is 16.6 Å². The van der Waals surface area contributed by atoms with Crippen LogP contribution in [0, 0.1) is 6.92 Å². The number of hydrogen-bond donors (Lipinski definition) is 1. The van der Waals surface area contributed by atoms with Gasteiger partial charge in [0, 0.05) is 10.9 Å². The van der Waals surface area contributed by atoms with Crippen molar-refractivity contribution >= 4 is 21.6 Å². The van der Waals surface area contributed by atoms with Crippen molar-refractivity contribution in [2.75, 3.05) is 0 Å². The van der Waals surface area contributed by atoms with Crippen LogP contribution in [-0.2, 0) is 0 Å². The summed E-state index contributed by atoms with van der Waals surface area (Å²) in [6.45, 7) is 2.05. The molecule has 0 aliphatic rings. The van der Waals surface area contributed by atoms with E-state index in [1.807, 2.05) is 5.38 Å². The van der Waals surface area contributed by atoms with Gasteiger partial charge in [0.05, 0.1) is 11.8 Å². The third-order valence-electron chi connectivity index (χ3n) is 2.72. The maximum absolute atomic E-state index is 11.6. The lowest BCUT2D eigenvalue weighted by Crippen LogP contribution is -2.03. The van der Waals surface area contributed by atoms with Crippen molar-refractivity contribution < 1.29 is 0 Å². The molecule has 1 aromatic carbocycles. The van der Waals surface area contributed by atoms with Gasteiger partial charge in [-0.05, 0) is 12.5 Å². The lowest BCUT2D eigenvalue weighted by atomic mass is 10.1. The van der Waals surface area contributed by atoms with Crippen LogP contribution in [0.2, 0.25) is 0 Å². The first-order valence-electron chi connectivity index (χ1n) is 5.27. The number of benzene rings is 1. The summed E-state index contributed by atoms with van der Waals surface area (Å²) >= 11 is 1.43. The van der Waals surface area contributed by atoms with Gasteiger partial charge in [0.25, 0.3) is 5.56 Å². The molecule has 84 valence electrons. The fourth-order valence-corrected chi connectivity index (χ4v) is 2.72. The van der Waals surface area contributed by atoms with Gasteiger partial charge in [0.15, 0.2) is 0 Å². The Morgan fingerprint density at radius 3 is 2.76 bits per heavy atom. The number of nitrogens with zero attached hydrogens (tertiary/aromatic N) is 1. The normalized spacial score (nSPS) is 10.9. The molecule has 2 heterocycles. The highest BCUT2D eigenvalue weighted by Crippen LogP contribution is 2.30. The van der Waals surface area contributed by atoms with Crippen LogP contribution in [0.1, 0.15) is 5.56 Å². The predicted molar refractivity (Wildman–Crippen MR) is 70.4 cm³/mol. The third-order valence-corrected chi connectivity index (χ3v) is 3.69. The number of aryl methyl sites for hydroxylation is 1. The maximum atomic E-state index is 11.6. The van der Waals surface area contributed by atoms with Crippen LogP contribution in [0.25, 0.3) is 21.3 Å². The summed E-state index contributed by atoms with van der Waals surface area (Å²) in [7, 11) is 0. The highest BCUT2D eigenvalue weighted by atomic mass is 32.1. The number of rotatable bonds is 1. The van der Waals surface area contributed by atoms with Crippen LogP contribution >= 0.6 is 11.3 Å². The standard InChI is InChI=1S/C13H10N2OS/c1-8-2-4-9(5-3-8)10-6-17-12-11(10)14-7-15-13(12)16/h2-7H,1H3,(H,14,15,16). The maximum Gasteiger partial charge on any atom is 0.268 e. The molecule has 0 amide bonds. The number of H-pyrrole nitrogens is 1. The third kappa shape index (κ3) is 1.66. The lowest BCUT2D eigenvalue weighted by molar-refractivity contribution is 1.18. The molecule has 0 saturated carbocycles. The molecule has 4 heteroatoms. The molecular weight excluding hydrogens is 232 g/mol. The monoisotopic (exact) mass is 242 g/mol. The van der Waals surface area contributed by atoms with Crippen molar-refractivity contribution in [3.8, 4) is 11.1 Å². The highest BCUT2D eigenvalue weighted by Gasteiger charge is 2.09. The summed E-state index contributed by atoms with van der Waals surface area (Å²) in [5, 5.41) is 1.98. The Morgan fingerprint density at radius 2 is 2.00 bits per heavy atom. The van der Waals surface area contributed by atoms with Crippen LogP contribution < -0.4 is 5.56 Å². The molecule has 0 aliphatic heterocycles. The van der Waals surface area contributed by atoms with E-state index in [0.29, 0.717) is 4.70 Å². The van der Waals surface area contributed by atoms with Crippen LogP contribution in [0.4, 0.5) is 0 Å². The quantitative estimate of drug-likeness (QED) is 0.713. The van der Waals surface area contributed by atoms with E-state index in [1.54, 1.807) is 0 Å². The van der Waals surface area contributed by atoms with Crippen molar-refractivity contribution in [1.29, 1.82) is 0 Å². The average molecular weight is 242 g/mol. The molecule has 3 aromatic rings. The zero-order valence-electron chi connectivity index (χ0n) is 9.23. The first-order chi connectivity index (χ1) is 8.25. The number of aromatic nitrogens is 2. The molecule has 3 nitrogen and oxygen atoms in total. The summed E-state index contributed by atoms with van der Waals surface area (Å²) in [6, 6.07) is 8.23. The van der Waals surface area contributed by atoms with Crippen molar-refractivity contribution in [2.45, 2.75) is 6.92 Å². The predicted octanol–water partition coefficient (Wildman–Crippen LogP) is 2.96. The zero-order valence-corrected chi connectivity index (χ0v) is 10.0. The summed E-state index contributed by atoms with van der Waals surface area (Å²) in [5.74, 6) is 0. The topological polar surface area (TPSA) is 45.8 Å². The molecule has 17 heavy (non-hydrogen) atoms. The van der Waals surface area contributed by atoms with Crippen molar-refractivity contribution in [3.63, 3.8) is 0 Å². The second kappa shape index (κ2) is 3.82. The molecule has 0 fully saturated rings. The van der Waals surface area contributed by atoms with Crippen molar-refractivity contribution in [3.05, 3.63) is 51.9 Å². The molecule has 0 spiro atoms. The molecule has 1 N–H and O–H groups in total. The summed E-state index contributed by atoms with van der Waals surface area (Å²) in [4.78, 5) is 18.4. The Labute approximate surface area is 102 Å². The Balaban J connectivity index is 2.28. The number of fused-ring (bicyclic) bond motifs is 1. The number of hydrogen-bond acceptors (Lipinski definition) is 3. The molecular formula is C13H10N2OS. The van der Waals surface area contributed by atoms with Gasteiger partial charge in [0.2, 0.25) is 0 Å². The smallest absolute Gasteiger partial charge is 0.268 e. The first-order valence-corrected chi connectivity index (χ1v) is 6.15. The summed E-state index contributed by atoms with van der Waals surface area (Å²) in [6.07, 6.45) is 1.45. The minimum atomic E-state index is -0.0710. The molecule has 0 atom stereocenters. The molecule has 2 aromatic heterocycles. The van der Waals surface area contributed by atoms with Crippen LogP contribution in [0.15, 0.2) is 40.8 Å². The van der Waals surface area contributed by atoms with Gasteiger partial charge >= 0.3 is 0 Å². The SMILES string of the molecule is Cc1ccc(-c2csc3c(=O)[nH]cnc23)cc1. The molecule has 0 bridgehead atoms. The van der Waals surface area contributed by atoms with Gasteiger partial charge < -0.3 is 4.98 Å². The first kappa shape index (κ1) is 10.2. The van der Waals surface area contributed by atoms with Crippen molar-refractivity contribution in [2.24, 2.45) is 0 Å². The molecule has 0 saturated heterocycles. The molecule has 0 aliphatic carbocycles. The Kier molecular flexibility index (Phi) is 2.30. The molecule has 3 rings (SSSR count). The second-order valence-electron chi connectivity index (χ2n) is 3.92. The fraction of sp³-hybridized carbons (Fsp3) is 0.0769. The largest absolute Gasteiger partial charge is 0.312 e. The minimum Gasteiger partial charge on any atom is -0.312 e. The van der Waals surface area contributed by atoms with E-state index in [9.17, 15) is 4.79 Å². The minimum absolute atomic E-state index is 0.0710. The van der Waals surface area contributed by atoms with Gasteiger partial charge in [-0.1, -0.05) is 29.8 Å². The van der Waals surface area contributed by atoms with E-state index in [4.69, 9.17) is 0 Å². The highest BCUT2D eigenvalue weighted by molar-refractivity contribution is 7.17. The number of nitrogens with one attached hydrogen (secondary N) is 1. The molecule has 0 unspecified atom stereocenters. The zero-order chi connectivity index (χ0) is 11.8. The number of aromatic amines is 1. The molecule has 0 radical (unpaired) electrons. The van der Waals surface area contributed by atoms with Gasteiger partial charge in [-0.15, -0.1) is 11.3 Å². The van der Waals surface area contributed by atoms with E-state index in [2.05, 4.69) is 41.2 Å². The van der Waals surface area contributed by atoms with E-state index in [1.165, 1.54) is 23.2 Å².